The predicted molar refractivity (Wildman–Crippen MR) is 154 cm³/mol. The number of anilines is 1. The van der Waals surface area contributed by atoms with E-state index in [2.05, 4.69) is 10.3 Å². The number of ether oxygens (including phenoxy) is 3. The van der Waals surface area contributed by atoms with Crippen LogP contribution in [0, 0.1) is 5.92 Å². The maximum atomic E-state index is 15.4. The van der Waals surface area contributed by atoms with Crippen LogP contribution in [0.4, 0.5) is 10.2 Å². The first-order valence-corrected chi connectivity index (χ1v) is 13.4. The van der Waals surface area contributed by atoms with Crippen LogP contribution in [-0.4, -0.2) is 53.9 Å². The Bertz CT molecular complexity index is 1460. The van der Waals surface area contributed by atoms with Gasteiger partial charge >= 0.3 is 5.69 Å². The van der Waals surface area contributed by atoms with Gasteiger partial charge in [-0.3, -0.25) is 4.57 Å². The third-order valence-electron chi connectivity index (χ3n) is 7.95. The fourth-order valence-electron chi connectivity index (χ4n) is 5.60. The molecule has 5 rings (SSSR count). The molecule has 2 N–H and O–H groups in total. The number of alkyl halides is 1. The number of rotatable bonds is 10. The van der Waals surface area contributed by atoms with Crippen LogP contribution in [0.25, 0.3) is 0 Å². The molecule has 0 amide bonds. The Morgan fingerprint density at radius 3 is 2.07 bits per heavy atom. The van der Waals surface area contributed by atoms with E-state index in [9.17, 15) is 9.90 Å². The highest BCUT2D eigenvalue weighted by Crippen LogP contribution is 2.43. The van der Waals surface area contributed by atoms with Crippen molar-refractivity contribution in [3.8, 4) is 5.75 Å². The van der Waals surface area contributed by atoms with Crippen LogP contribution < -0.4 is 15.7 Å². The predicted octanol–water partition coefficient (Wildman–Crippen LogP) is 4.54. The lowest BCUT2D eigenvalue weighted by molar-refractivity contribution is -0.142. The van der Waals surface area contributed by atoms with Gasteiger partial charge in [-0.2, -0.15) is 4.98 Å². The van der Waals surface area contributed by atoms with E-state index in [1.807, 2.05) is 84.9 Å². The average molecular weight is 560 g/mol. The Kier molecular flexibility index (Phi) is 8.21. The van der Waals surface area contributed by atoms with Gasteiger partial charge in [0.1, 0.15) is 22.7 Å². The van der Waals surface area contributed by atoms with Crippen molar-refractivity contribution in [1.29, 1.82) is 0 Å². The number of nitrogens with one attached hydrogen (secondary N) is 1. The molecule has 1 aliphatic heterocycles. The molecular formula is C32H34FN3O5. The van der Waals surface area contributed by atoms with E-state index in [0.717, 1.165) is 21.3 Å². The molecule has 0 radical (unpaired) electrons. The normalized spacial score (nSPS) is 22.4. The number of nitrogens with zero attached hydrogens (tertiary/aromatic N) is 2. The van der Waals surface area contributed by atoms with E-state index in [-0.39, 0.29) is 6.61 Å². The summed E-state index contributed by atoms with van der Waals surface area (Å²) in [5, 5.41) is 13.6. The molecule has 4 atom stereocenters. The van der Waals surface area contributed by atoms with Crippen LogP contribution in [0.2, 0.25) is 0 Å². The van der Waals surface area contributed by atoms with Gasteiger partial charge in [0.25, 0.3) is 0 Å². The molecule has 9 heteroatoms. The first kappa shape index (κ1) is 28.5. The zero-order valence-electron chi connectivity index (χ0n) is 23.2. The Hall–Kier alpha value is -4.05. The van der Waals surface area contributed by atoms with Crippen molar-refractivity contribution in [2.45, 2.75) is 30.5 Å². The first-order chi connectivity index (χ1) is 19.9. The van der Waals surface area contributed by atoms with Gasteiger partial charge in [0.15, 0.2) is 12.4 Å². The molecule has 0 saturated carbocycles. The highest BCUT2D eigenvalue weighted by atomic mass is 19.1. The molecule has 2 heterocycles. The maximum Gasteiger partial charge on any atom is 0.351 e. The molecule has 214 valence electrons. The van der Waals surface area contributed by atoms with Gasteiger partial charge in [-0.1, -0.05) is 79.7 Å². The SMILES string of the molecule is COC[C@]1(CO)O[C@@H](n2ccc(NC(c3ccccc3)(c3ccccc3)c3ccc(OC)cc3)nc2=O)[C@H](F)[C@@H]1C. The zero-order chi connectivity index (χ0) is 29.0. The molecule has 4 aromatic rings. The van der Waals surface area contributed by atoms with Crippen molar-refractivity contribution in [2.75, 3.05) is 32.8 Å². The third-order valence-corrected chi connectivity index (χ3v) is 7.95. The van der Waals surface area contributed by atoms with Gasteiger partial charge in [0, 0.05) is 19.2 Å². The molecule has 0 spiro atoms. The summed E-state index contributed by atoms with van der Waals surface area (Å²) in [5.74, 6) is 0.297. The van der Waals surface area contributed by atoms with E-state index < -0.39 is 41.8 Å². The number of benzene rings is 3. The second kappa shape index (κ2) is 11.8. The molecule has 1 aromatic heterocycles. The lowest BCUT2D eigenvalue weighted by Crippen LogP contribution is -2.44. The van der Waals surface area contributed by atoms with E-state index >= 15 is 4.39 Å². The summed E-state index contributed by atoms with van der Waals surface area (Å²) < 4.78 is 33.1. The molecule has 1 aliphatic rings. The van der Waals surface area contributed by atoms with Crippen molar-refractivity contribution >= 4 is 5.82 Å². The van der Waals surface area contributed by atoms with Gasteiger partial charge in [0.05, 0.1) is 20.3 Å². The summed E-state index contributed by atoms with van der Waals surface area (Å²) in [4.78, 5) is 17.7. The number of aliphatic hydroxyl groups is 1. The molecule has 1 saturated heterocycles. The van der Waals surface area contributed by atoms with Gasteiger partial charge in [-0.15, -0.1) is 0 Å². The molecule has 1 fully saturated rings. The van der Waals surface area contributed by atoms with Crippen molar-refractivity contribution < 1.29 is 23.7 Å². The molecule has 8 nitrogen and oxygen atoms in total. The fourth-order valence-corrected chi connectivity index (χ4v) is 5.60. The van der Waals surface area contributed by atoms with Gasteiger partial charge in [0.2, 0.25) is 0 Å². The minimum atomic E-state index is -1.55. The topological polar surface area (TPSA) is 94.8 Å². The monoisotopic (exact) mass is 559 g/mol. The minimum absolute atomic E-state index is 0.0120. The van der Waals surface area contributed by atoms with Crippen LogP contribution >= 0.6 is 0 Å². The molecule has 0 aliphatic carbocycles. The summed E-state index contributed by atoms with van der Waals surface area (Å²) in [7, 11) is 3.07. The van der Waals surface area contributed by atoms with Crippen LogP contribution in [0.5, 0.6) is 5.75 Å². The lowest BCUT2D eigenvalue weighted by atomic mass is 9.77. The smallest absolute Gasteiger partial charge is 0.351 e. The summed E-state index contributed by atoms with van der Waals surface area (Å²) in [5.41, 5.74) is -0.153. The number of halogens is 1. The highest BCUT2D eigenvalue weighted by Gasteiger charge is 2.54. The van der Waals surface area contributed by atoms with E-state index in [0.29, 0.717) is 11.6 Å². The molecule has 0 unspecified atom stereocenters. The Labute approximate surface area is 238 Å². The summed E-state index contributed by atoms with van der Waals surface area (Å²) in [6.07, 6.45) is -1.34. The Balaban J connectivity index is 1.60. The molecule has 3 aromatic carbocycles. The molecular weight excluding hydrogens is 525 g/mol. The zero-order valence-corrected chi connectivity index (χ0v) is 23.2. The number of aliphatic hydroxyl groups excluding tert-OH is 1. The Morgan fingerprint density at radius 1 is 0.976 bits per heavy atom. The van der Waals surface area contributed by atoms with E-state index in [1.54, 1.807) is 20.1 Å². The number of hydrogen-bond donors (Lipinski definition) is 2. The average Bonchev–Trinajstić information content (AvgIpc) is 3.26. The molecule has 0 bridgehead atoms. The van der Waals surface area contributed by atoms with Gasteiger partial charge in [-0.05, 0) is 34.9 Å². The number of methoxy groups -OCH3 is 2. The summed E-state index contributed by atoms with van der Waals surface area (Å²) in [6.45, 7) is 1.18. The van der Waals surface area contributed by atoms with E-state index in [4.69, 9.17) is 14.2 Å². The van der Waals surface area contributed by atoms with Crippen molar-refractivity contribution in [3.63, 3.8) is 0 Å². The quantitative estimate of drug-likeness (QED) is 0.276. The second-order valence-corrected chi connectivity index (χ2v) is 10.2. The van der Waals surface area contributed by atoms with Crippen LogP contribution in [-0.2, 0) is 15.0 Å². The first-order valence-electron chi connectivity index (χ1n) is 13.4. The maximum absolute atomic E-state index is 15.4. The van der Waals surface area contributed by atoms with Crippen molar-refractivity contribution in [3.05, 3.63) is 124 Å². The number of aromatic nitrogens is 2. The number of hydrogen-bond acceptors (Lipinski definition) is 7. The highest BCUT2D eigenvalue weighted by molar-refractivity contribution is 5.58. The third kappa shape index (κ3) is 5.12. The van der Waals surface area contributed by atoms with Crippen LogP contribution in [0.3, 0.4) is 0 Å². The van der Waals surface area contributed by atoms with Crippen molar-refractivity contribution in [2.24, 2.45) is 5.92 Å². The Morgan fingerprint density at radius 2 is 1.56 bits per heavy atom. The molecule has 41 heavy (non-hydrogen) atoms. The van der Waals surface area contributed by atoms with Crippen LogP contribution in [0.15, 0.2) is 102 Å². The second-order valence-electron chi connectivity index (χ2n) is 10.2. The largest absolute Gasteiger partial charge is 0.497 e. The summed E-state index contributed by atoms with van der Waals surface area (Å²) >= 11 is 0. The van der Waals surface area contributed by atoms with Gasteiger partial charge < -0.3 is 24.6 Å². The van der Waals surface area contributed by atoms with Crippen LogP contribution in [0.1, 0.15) is 29.8 Å². The van der Waals surface area contributed by atoms with E-state index in [1.165, 1.54) is 13.3 Å². The standard InChI is InChI=1S/C32H34FN3O5/c1-22-28(33)29(41-31(22,20-37)21-39-2)36-19-18-27(34-30(36)38)35-32(23-10-6-4-7-11-23,24-12-8-5-9-13-24)25-14-16-26(40-3)17-15-25/h4-19,22,28-29,37H,20-21H2,1-3H3,(H,34,35,38)/t22-,28+,29+,31-/m0/s1. The minimum Gasteiger partial charge on any atom is -0.497 e. The summed E-state index contributed by atoms with van der Waals surface area (Å²) in [6, 6.07) is 29.1. The van der Waals surface area contributed by atoms with Crippen molar-refractivity contribution in [1.82, 2.24) is 9.55 Å². The van der Waals surface area contributed by atoms with Gasteiger partial charge in [-0.25, -0.2) is 9.18 Å². The lowest BCUT2D eigenvalue weighted by Gasteiger charge is -2.37. The fraction of sp³-hybridized carbons (Fsp3) is 0.312.